The molecular weight excluding hydrogens is 606 g/mol. The number of sulfonamides is 1. The predicted octanol–water partition coefficient (Wildman–Crippen LogP) is 2.40. The van der Waals surface area contributed by atoms with Gasteiger partial charge in [-0.2, -0.15) is 5.10 Å². The smallest absolute Gasteiger partial charge is 0.482 e. The van der Waals surface area contributed by atoms with Crippen molar-refractivity contribution in [2.24, 2.45) is 39.1 Å². The fourth-order valence-electron chi connectivity index (χ4n) is 8.65. The van der Waals surface area contributed by atoms with E-state index in [0.717, 1.165) is 6.26 Å². The number of carbonyl (C=O) groups is 3. The molecule has 244 valence electrons. The minimum atomic E-state index is -3.85. The molecule has 0 radical (unpaired) electrons. The van der Waals surface area contributed by atoms with E-state index in [0.29, 0.717) is 29.2 Å². The van der Waals surface area contributed by atoms with Gasteiger partial charge in [-0.25, -0.2) is 21.9 Å². The maximum Gasteiger partial charge on any atom is 0.484 e. The van der Waals surface area contributed by atoms with Crippen LogP contribution in [0.5, 0.6) is 5.75 Å². The highest BCUT2D eigenvalue weighted by Crippen LogP contribution is 2.68. The number of hydrogen-bond acceptors (Lipinski definition) is 10. The standard InChI is InChI=1S/C31H40BFN2O9S/c1-7-29(4)14-24(30(5)18(2)10-11-31(19(3)28(29)43-17-36)13-23(33)26(38)27(30)31)44-25(37)16-42-21-9-8-20-15-34-35(45(6,40)41)32(39)22(20)12-21/h7-9,12,15,17-19,23-24,27-28,39H,1,10-11,13-14,16H2,2-6H3/t18-,19-,23-,24+,27-,28-,29+,30-,31-/m0/s1. The highest BCUT2D eigenvalue weighted by atomic mass is 32.2. The largest absolute Gasteiger partial charge is 0.484 e. The highest BCUT2D eigenvalue weighted by molar-refractivity contribution is 7.89. The van der Waals surface area contributed by atoms with Crippen LogP contribution in [0, 0.1) is 34.0 Å². The van der Waals surface area contributed by atoms with Crippen molar-refractivity contribution in [1.82, 2.24) is 4.33 Å². The van der Waals surface area contributed by atoms with Crippen LogP contribution >= 0.6 is 0 Å². The fraction of sp³-hybridized carbons (Fsp3) is 0.613. The zero-order chi connectivity index (χ0) is 33.1. The Kier molecular flexibility index (Phi) is 8.48. The first kappa shape index (κ1) is 33.1. The average molecular weight is 647 g/mol. The number of ketones is 1. The van der Waals surface area contributed by atoms with Crippen molar-refractivity contribution in [3.63, 3.8) is 0 Å². The van der Waals surface area contributed by atoms with Gasteiger partial charge in [0.05, 0.1) is 12.5 Å². The molecule has 4 aliphatic rings. The van der Waals surface area contributed by atoms with Crippen molar-refractivity contribution in [3.8, 4) is 5.75 Å². The molecule has 45 heavy (non-hydrogen) atoms. The molecule has 0 saturated heterocycles. The third-order valence-electron chi connectivity index (χ3n) is 11.3. The molecule has 1 heterocycles. The first-order valence-electron chi connectivity index (χ1n) is 15.1. The monoisotopic (exact) mass is 646 g/mol. The normalized spacial score (nSPS) is 37.5. The number of nitrogens with zero attached hydrogens (tertiary/aromatic N) is 2. The Labute approximate surface area is 263 Å². The van der Waals surface area contributed by atoms with E-state index >= 15 is 4.39 Å². The molecule has 14 heteroatoms. The Morgan fingerprint density at radius 1 is 1.29 bits per heavy atom. The summed E-state index contributed by atoms with van der Waals surface area (Å²) >= 11 is 0. The summed E-state index contributed by atoms with van der Waals surface area (Å²) in [4.78, 5) is 38.8. The summed E-state index contributed by atoms with van der Waals surface area (Å²) in [6.45, 7) is 11.5. The van der Waals surface area contributed by atoms with Crippen molar-refractivity contribution in [3.05, 3.63) is 36.4 Å². The molecule has 0 spiro atoms. The maximum absolute atomic E-state index is 15.4. The predicted molar refractivity (Wildman–Crippen MR) is 164 cm³/mol. The van der Waals surface area contributed by atoms with E-state index in [1.807, 2.05) is 27.7 Å². The summed E-state index contributed by atoms with van der Waals surface area (Å²) in [5.41, 5.74) is -1.90. The Hall–Kier alpha value is -3.26. The minimum Gasteiger partial charge on any atom is -0.482 e. The summed E-state index contributed by atoms with van der Waals surface area (Å²) in [5.74, 6) is -2.29. The fourth-order valence-corrected chi connectivity index (χ4v) is 9.34. The molecule has 3 aliphatic carbocycles. The Morgan fingerprint density at radius 3 is 2.64 bits per heavy atom. The SMILES string of the molecule is C=C[C@]1(C)C[C@@H](OC(=O)COc2ccc3c(c2)B(O)N(S(C)(=O)=O)N=C3)[C@@]2(C)[C@@H]3C(=O)[C@@H](F)C[C@@]3(CC[C@@H]2C)[C@@H](C)[C@@H]1OC=O. The zero-order valence-electron chi connectivity index (χ0n) is 26.1. The third kappa shape index (κ3) is 5.27. The number of Topliss-reactive ketones (excluding diaryl/α,β-unsaturated/α-hetero) is 1. The number of rotatable bonds is 8. The number of ether oxygens (including phenoxy) is 3. The van der Waals surface area contributed by atoms with Crippen molar-refractivity contribution in [2.45, 2.75) is 71.8 Å². The molecule has 11 nitrogen and oxygen atoms in total. The van der Waals surface area contributed by atoms with Gasteiger partial charge in [-0.05, 0) is 60.2 Å². The number of carbonyl (C=O) groups excluding carboxylic acids is 3. The number of alkyl halides is 1. The molecule has 2 bridgehead atoms. The zero-order valence-corrected chi connectivity index (χ0v) is 27.0. The summed E-state index contributed by atoms with van der Waals surface area (Å²) in [7, 11) is -5.43. The van der Waals surface area contributed by atoms with E-state index in [1.165, 1.54) is 12.3 Å². The van der Waals surface area contributed by atoms with Crippen LogP contribution in [-0.2, 0) is 33.9 Å². The number of benzene rings is 1. The van der Waals surface area contributed by atoms with Crippen LogP contribution in [0.2, 0.25) is 0 Å². The van der Waals surface area contributed by atoms with E-state index in [9.17, 15) is 27.8 Å². The van der Waals surface area contributed by atoms with Crippen molar-refractivity contribution in [2.75, 3.05) is 12.9 Å². The Balaban J connectivity index is 1.45. The molecule has 1 aliphatic heterocycles. The second kappa shape index (κ2) is 11.5. The van der Waals surface area contributed by atoms with Crippen LogP contribution in [0.25, 0.3) is 0 Å². The first-order valence-corrected chi connectivity index (χ1v) is 17.0. The molecule has 9 atom stereocenters. The lowest BCUT2D eigenvalue weighted by Crippen LogP contribution is -2.63. The van der Waals surface area contributed by atoms with Gasteiger partial charge in [0.2, 0.25) is 10.0 Å². The number of fused-ring (bicyclic) bond motifs is 1. The van der Waals surface area contributed by atoms with Crippen LogP contribution in [0.4, 0.5) is 4.39 Å². The molecule has 0 unspecified atom stereocenters. The van der Waals surface area contributed by atoms with Crippen molar-refractivity contribution >= 4 is 47.0 Å². The van der Waals surface area contributed by atoms with Gasteiger partial charge < -0.3 is 19.2 Å². The molecular formula is C31H40BFN2O9S. The topological polar surface area (TPSA) is 149 Å². The van der Waals surface area contributed by atoms with Gasteiger partial charge in [0.1, 0.15) is 18.0 Å². The van der Waals surface area contributed by atoms with Gasteiger partial charge in [0.25, 0.3) is 6.47 Å². The first-order chi connectivity index (χ1) is 21.0. The van der Waals surface area contributed by atoms with E-state index < -0.39 is 76.0 Å². The molecule has 5 rings (SSSR count). The summed E-state index contributed by atoms with van der Waals surface area (Å²) in [6.07, 6.45) is 2.05. The Morgan fingerprint density at radius 2 is 2.00 bits per heavy atom. The second-order valence-electron chi connectivity index (χ2n) is 13.6. The van der Waals surface area contributed by atoms with Crippen LogP contribution in [-0.4, -0.2) is 80.5 Å². The van der Waals surface area contributed by atoms with Gasteiger partial charge in [-0.1, -0.05) is 39.8 Å². The molecule has 1 N–H and O–H groups in total. The molecule has 0 amide bonds. The minimum absolute atomic E-state index is 0.0152. The van der Waals surface area contributed by atoms with Crippen LogP contribution in [0.15, 0.2) is 36.0 Å². The van der Waals surface area contributed by atoms with Gasteiger partial charge in [0, 0.05) is 22.7 Å². The molecule has 3 fully saturated rings. The van der Waals surface area contributed by atoms with Crippen LogP contribution in [0.3, 0.4) is 0 Å². The second-order valence-corrected chi connectivity index (χ2v) is 15.5. The quantitative estimate of drug-likeness (QED) is 0.195. The summed E-state index contributed by atoms with van der Waals surface area (Å²) in [6, 6.07) is 4.54. The van der Waals surface area contributed by atoms with E-state index in [-0.39, 0.29) is 35.9 Å². The van der Waals surface area contributed by atoms with E-state index in [2.05, 4.69) is 11.7 Å². The number of esters is 1. The van der Waals surface area contributed by atoms with Crippen molar-refractivity contribution < 1.29 is 46.4 Å². The van der Waals surface area contributed by atoms with Crippen LogP contribution < -0.4 is 10.2 Å². The number of hydrogen-bond donors (Lipinski definition) is 1. The Bertz CT molecular complexity index is 1540. The van der Waals surface area contributed by atoms with Gasteiger partial charge in [0.15, 0.2) is 18.6 Å². The lowest BCUT2D eigenvalue weighted by Gasteiger charge is -2.61. The lowest BCUT2D eigenvalue weighted by atomic mass is 9.44. The molecule has 0 aromatic heterocycles. The molecule has 1 aromatic rings. The summed E-state index contributed by atoms with van der Waals surface area (Å²) < 4.78 is 57.6. The third-order valence-corrected chi connectivity index (χ3v) is 12.3. The molecule has 1 aromatic carbocycles. The maximum atomic E-state index is 15.4. The van der Waals surface area contributed by atoms with Crippen molar-refractivity contribution in [1.29, 1.82) is 0 Å². The lowest BCUT2D eigenvalue weighted by molar-refractivity contribution is -0.211. The van der Waals surface area contributed by atoms with Gasteiger partial charge >= 0.3 is 13.0 Å². The van der Waals surface area contributed by atoms with E-state index in [4.69, 9.17) is 14.2 Å². The molecule has 3 saturated carbocycles. The van der Waals surface area contributed by atoms with Gasteiger partial charge in [-0.3, -0.25) is 9.59 Å². The van der Waals surface area contributed by atoms with E-state index in [1.54, 1.807) is 18.2 Å². The van der Waals surface area contributed by atoms with Crippen LogP contribution in [0.1, 0.15) is 58.9 Å². The average Bonchev–Trinajstić information content (AvgIpc) is 3.26. The summed E-state index contributed by atoms with van der Waals surface area (Å²) in [5, 5.41) is 14.4. The number of halogens is 1. The highest BCUT2D eigenvalue weighted by Gasteiger charge is 2.71. The van der Waals surface area contributed by atoms with Gasteiger partial charge in [-0.15, -0.1) is 6.58 Å². The number of hydrazone groups is 1.